The molecule has 0 spiro atoms. The molecule has 1 aliphatic carbocycles. The van der Waals surface area contributed by atoms with Crippen molar-refractivity contribution in [2.45, 2.75) is 52.0 Å². The van der Waals surface area contributed by atoms with Gasteiger partial charge in [0.15, 0.2) is 0 Å². The van der Waals surface area contributed by atoms with Crippen LogP contribution in [-0.2, 0) is 7.05 Å². The van der Waals surface area contributed by atoms with Gasteiger partial charge in [0, 0.05) is 18.3 Å². The van der Waals surface area contributed by atoms with Crippen LogP contribution >= 0.6 is 0 Å². The SMILES string of the molecule is Cc1nc(N[C@H](C)c2cccc(C(F)F)c2F)c2cc(C3=CCCCC3)n(C)c(=O)c2n1. The summed E-state index contributed by atoms with van der Waals surface area (Å²) in [7, 11) is 1.73. The second-order valence-corrected chi connectivity index (χ2v) is 8.17. The molecule has 1 N–H and O–H groups in total. The van der Waals surface area contributed by atoms with Gasteiger partial charge in [-0.05, 0) is 51.2 Å². The minimum absolute atomic E-state index is 0.103. The summed E-state index contributed by atoms with van der Waals surface area (Å²) in [5.74, 6) is -0.186. The molecule has 0 aliphatic heterocycles. The third-order valence-corrected chi connectivity index (χ3v) is 5.94. The smallest absolute Gasteiger partial charge is 0.277 e. The van der Waals surface area contributed by atoms with Gasteiger partial charge in [0.1, 0.15) is 23.0 Å². The first-order valence-corrected chi connectivity index (χ1v) is 10.7. The molecule has 0 amide bonds. The third kappa shape index (κ3) is 4.01. The second kappa shape index (κ2) is 8.76. The minimum atomic E-state index is -2.90. The number of fused-ring (bicyclic) bond motifs is 1. The number of nitrogens with one attached hydrogen (secondary N) is 1. The molecule has 1 atom stereocenters. The molecule has 0 radical (unpaired) electrons. The molecule has 2 heterocycles. The normalized spacial score (nSPS) is 15.2. The lowest BCUT2D eigenvalue weighted by Crippen LogP contribution is -2.23. The maximum atomic E-state index is 14.7. The van der Waals surface area contributed by atoms with E-state index in [0.29, 0.717) is 17.0 Å². The van der Waals surface area contributed by atoms with E-state index >= 15 is 0 Å². The fourth-order valence-corrected chi connectivity index (χ4v) is 4.23. The molecule has 0 fully saturated rings. The van der Waals surface area contributed by atoms with Crippen LogP contribution in [0.25, 0.3) is 16.5 Å². The van der Waals surface area contributed by atoms with E-state index in [4.69, 9.17) is 0 Å². The second-order valence-electron chi connectivity index (χ2n) is 8.17. The molecular weight excluding hydrogens is 417 g/mol. The first-order chi connectivity index (χ1) is 15.3. The Kier molecular flexibility index (Phi) is 6.04. The molecule has 1 aromatic carbocycles. The first kappa shape index (κ1) is 22.0. The van der Waals surface area contributed by atoms with Crippen molar-refractivity contribution in [3.8, 4) is 0 Å². The van der Waals surface area contributed by atoms with Gasteiger partial charge in [-0.15, -0.1) is 0 Å². The lowest BCUT2D eigenvalue weighted by Gasteiger charge is -2.20. The van der Waals surface area contributed by atoms with E-state index in [9.17, 15) is 18.0 Å². The fraction of sp³-hybridized carbons (Fsp3) is 0.375. The summed E-state index contributed by atoms with van der Waals surface area (Å²) in [4.78, 5) is 21.9. The standard InChI is InChI=1S/C24H25F3N4O/c1-13(16-10-7-11-17(20(16)25)22(26)27)28-23-18-12-19(15-8-5-4-6-9-15)31(3)24(32)21(18)29-14(2)30-23/h7-8,10-13,22H,4-6,9H2,1-3H3,(H,28,29,30)/t13-/m1/s1. The summed E-state index contributed by atoms with van der Waals surface area (Å²) < 4.78 is 42.6. The summed E-state index contributed by atoms with van der Waals surface area (Å²) in [6, 6.07) is 5.17. The van der Waals surface area contributed by atoms with Gasteiger partial charge in [-0.1, -0.05) is 24.3 Å². The topological polar surface area (TPSA) is 59.8 Å². The van der Waals surface area contributed by atoms with Crippen LogP contribution in [0.5, 0.6) is 0 Å². The van der Waals surface area contributed by atoms with E-state index in [0.717, 1.165) is 43.0 Å². The van der Waals surface area contributed by atoms with Crippen LogP contribution in [0.4, 0.5) is 19.0 Å². The molecule has 3 aromatic rings. The summed E-state index contributed by atoms with van der Waals surface area (Å²) in [5, 5.41) is 3.65. The van der Waals surface area contributed by atoms with Crippen LogP contribution in [-0.4, -0.2) is 14.5 Å². The molecule has 0 saturated heterocycles. The van der Waals surface area contributed by atoms with Crippen LogP contribution in [0.15, 0.2) is 35.1 Å². The van der Waals surface area contributed by atoms with Crippen molar-refractivity contribution in [3.05, 3.63) is 69.2 Å². The molecule has 168 valence electrons. The van der Waals surface area contributed by atoms with E-state index < -0.39 is 23.8 Å². The van der Waals surface area contributed by atoms with Gasteiger partial charge in [0.05, 0.1) is 17.0 Å². The largest absolute Gasteiger partial charge is 0.363 e. The number of aryl methyl sites for hydroxylation is 1. The van der Waals surface area contributed by atoms with Crippen molar-refractivity contribution in [1.82, 2.24) is 14.5 Å². The first-order valence-electron chi connectivity index (χ1n) is 10.7. The Hall–Kier alpha value is -3.16. The van der Waals surface area contributed by atoms with Gasteiger partial charge in [-0.2, -0.15) is 0 Å². The third-order valence-electron chi connectivity index (χ3n) is 5.94. The number of aromatic nitrogens is 3. The van der Waals surface area contributed by atoms with E-state index in [1.165, 1.54) is 12.1 Å². The number of rotatable bonds is 5. The molecule has 5 nitrogen and oxygen atoms in total. The highest BCUT2D eigenvalue weighted by molar-refractivity contribution is 5.91. The number of hydrogen-bond donors (Lipinski definition) is 1. The quantitative estimate of drug-likeness (QED) is 0.539. The summed E-state index contributed by atoms with van der Waals surface area (Å²) in [6.07, 6.45) is 3.29. The maximum Gasteiger partial charge on any atom is 0.277 e. The predicted molar refractivity (Wildman–Crippen MR) is 119 cm³/mol. The Morgan fingerprint density at radius 3 is 2.59 bits per heavy atom. The number of nitrogens with zero attached hydrogens (tertiary/aromatic N) is 3. The number of halogens is 3. The number of hydrogen-bond acceptors (Lipinski definition) is 4. The molecule has 32 heavy (non-hydrogen) atoms. The van der Waals surface area contributed by atoms with E-state index in [-0.39, 0.29) is 16.6 Å². The molecule has 2 aromatic heterocycles. The Bertz CT molecular complexity index is 1270. The Balaban J connectivity index is 1.82. The molecule has 8 heteroatoms. The van der Waals surface area contributed by atoms with Crippen molar-refractivity contribution >= 4 is 22.3 Å². The highest BCUT2D eigenvalue weighted by atomic mass is 19.3. The Morgan fingerprint density at radius 2 is 1.91 bits per heavy atom. The zero-order valence-corrected chi connectivity index (χ0v) is 18.3. The van der Waals surface area contributed by atoms with Crippen LogP contribution in [0.1, 0.15) is 67.7 Å². The Morgan fingerprint density at radius 1 is 1.16 bits per heavy atom. The predicted octanol–water partition coefficient (Wildman–Crippen LogP) is 5.84. The lowest BCUT2D eigenvalue weighted by molar-refractivity contribution is 0.146. The molecule has 0 saturated carbocycles. The highest BCUT2D eigenvalue weighted by Crippen LogP contribution is 2.32. The molecule has 0 unspecified atom stereocenters. The maximum absolute atomic E-state index is 14.7. The van der Waals surface area contributed by atoms with Gasteiger partial charge in [-0.25, -0.2) is 23.1 Å². The minimum Gasteiger partial charge on any atom is -0.363 e. The van der Waals surface area contributed by atoms with Crippen LogP contribution < -0.4 is 10.9 Å². The average Bonchev–Trinajstić information content (AvgIpc) is 2.77. The lowest BCUT2D eigenvalue weighted by atomic mass is 9.96. The highest BCUT2D eigenvalue weighted by Gasteiger charge is 2.22. The van der Waals surface area contributed by atoms with E-state index in [1.54, 1.807) is 25.5 Å². The monoisotopic (exact) mass is 442 g/mol. The summed E-state index contributed by atoms with van der Waals surface area (Å²) >= 11 is 0. The molecular formula is C24H25F3N4O. The van der Waals surface area contributed by atoms with Crippen molar-refractivity contribution in [1.29, 1.82) is 0 Å². The Labute approximate surface area is 184 Å². The van der Waals surface area contributed by atoms with Crippen LogP contribution in [0, 0.1) is 12.7 Å². The van der Waals surface area contributed by atoms with Crippen LogP contribution in [0.2, 0.25) is 0 Å². The van der Waals surface area contributed by atoms with Gasteiger partial charge in [-0.3, -0.25) is 4.79 Å². The molecule has 4 rings (SSSR count). The van der Waals surface area contributed by atoms with Crippen molar-refractivity contribution in [2.24, 2.45) is 7.05 Å². The zero-order valence-electron chi connectivity index (χ0n) is 18.3. The fourth-order valence-electron chi connectivity index (χ4n) is 4.23. The van der Waals surface area contributed by atoms with E-state index in [2.05, 4.69) is 21.4 Å². The van der Waals surface area contributed by atoms with Gasteiger partial charge in [0.25, 0.3) is 12.0 Å². The summed E-state index contributed by atoms with van der Waals surface area (Å²) in [5.41, 5.74) is 1.39. The molecule has 1 aliphatic rings. The van der Waals surface area contributed by atoms with Crippen molar-refractivity contribution in [3.63, 3.8) is 0 Å². The van der Waals surface area contributed by atoms with Crippen molar-refractivity contribution in [2.75, 3.05) is 5.32 Å². The van der Waals surface area contributed by atoms with Gasteiger partial charge in [0.2, 0.25) is 0 Å². The zero-order chi connectivity index (χ0) is 23.0. The van der Waals surface area contributed by atoms with Gasteiger partial charge < -0.3 is 9.88 Å². The number of allylic oxidation sites excluding steroid dienone is 2. The summed E-state index contributed by atoms with van der Waals surface area (Å²) in [6.45, 7) is 3.34. The van der Waals surface area contributed by atoms with Crippen LogP contribution in [0.3, 0.4) is 0 Å². The number of benzene rings is 1. The number of anilines is 1. The number of pyridine rings is 1. The van der Waals surface area contributed by atoms with E-state index in [1.807, 2.05) is 6.07 Å². The number of alkyl halides is 2. The van der Waals surface area contributed by atoms with Gasteiger partial charge >= 0.3 is 0 Å². The van der Waals surface area contributed by atoms with Crippen molar-refractivity contribution < 1.29 is 13.2 Å². The average molecular weight is 442 g/mol. The molecule has 0 bridgehead atoms.